The van der Waals surface area contributed by atoms with Crippen molar-refractivity contribution in [2.75, 3.05) is 20.1 Å². The molecule has 0 aliphatic carbocycles. The number of rotatable bonds is 4. The SMILES string of the molecule is CC(C)c1ccc(S(=O)(=O)NC2CCN(C)C2)cc1. The zero-order valence-electron chi connectivity index (χ0n) is 11.8. The Hall–Kier alpha value is -0.910. The molecule has 19 heavy (non-hydrogen) atoms. The lowest BCUT2D eigenvalue weighted by molar-refractivity contribution is 0.407. The van der Waals surface area contributed by atoms with Crippen LogP contribution in [0.1, 0.15) is 31.7 Å². The van der Waals surface area contributed by atoms with E-state index in [9.17, 15) is 8.42 Å². The van der Waals surface area contributed by atoms with Crippen LogP contribution in [0, 0.1) is 0 Å². The summed E-state index contributed by atoms with van der Waals surface area (Å²) in [6.45, 7) is 5.91. The first-order valence-corrected chi connectivity index (χ1v) is 8.17. The molecule has 1 unspecified atom stereocenters. The number of benzene rings is 1. The summed E-state index contributed by atoms with van der Waals surface area (Å²) < 4.78 is 27.3. The minimum Gasteiger partial charge on any atom is -0.305 e. The lowest BCUT2D eigenvalue weighted by atomic mass is 10.0. The van der Waals surface area contributed by atoms with Crippen molar-refractivity contribution in [1.29, 1.82) is 0 Å². The van der Waals surface area contributed by atoms with Crippen molar-refractivity contribution in [2.24, 2.45) is 0 Å². The largest absolute Gasteiger partial charge is 0.305 e. The molecule has 1 saturated heterocycles. The number of sulfonamides is 1. The molecule has 1 aliphatic rings. The average Bonchev–Trinajstić information content (AvgIpc) is 2.74. The van der Waals surface area contributed by atoms with Crippen LogP contribution >= 0.6 is 0 Å². The number of hydrogen-bond donors (Lipinski definition) is 1. The maximum absolute atomic E-state index is 12.2. The van der Waals surface area contributed by atoms with Crippen LogP contribution < -0.4 is 4.72 Å². The Kier molecular flexibility index (Phi) is 4.28. The highest BCUT2D eigenvalue weighted by Gasteiger charge is 2.25. The van der Waals surface area contributed by atoms with Gasteiger partial charge in [-0.15, -0.1) is 0 Å². The van der Waals surface area contributed by atoms with Gasteiger partial charge in [0.15, 0.2) is 0 Å². The molecule has 1 heterocycles. The molecule has 1 aliphatic heterocycles. The van der Waals surface area contributed by atoms with E-state index >= 15 is 0 Å². The van der Waals surface area contributed by atoms with E-state index in [0.29, 0.717) is 10.8 Å². The lowest BCUT2D eigenvalue weighted by Crippen LogP contribution is -2.36. The van der Waals surface area contributed by atoms with Crippen LogP contribution in [-0.4, -0.2) is 39.5 Å². The molecule has 106 valence electrons. The monoisotopic (exact) mass is 282 g/mol. The van der Waals surface area contributed by atoms with Gasteiger partial charge < -0.3 is 4.90 Å². The van der Waals surface area contributed by atoms with Gasteiger partial charge in [-0.25, -0.2) is 13.1 Å². The van der Waals surface area contributed by atoms with Gasteiger partial charge in [-0.05, 0) is 43.6 Å². The molecule has 0 amide bonds. The molecule has 0 saturated carbocycles. The molecule has 0 radical (unpaired) electrons. The van der Waals surface area contributed by atoms with E-state index in [-0.39, 0.29) is 6.04 Å². The van der Waals surface area contributed by atoms with Gasteiger partial charge in [-0.3, -0.25) is 0 Å². The second kappa shape index (κ2) is 5.61. The first-order valence-electron chi connectivity index (χ1n) is 6.69. The van der Waals surface area contributed by atoms with Crippen molar-refractivity contribution in [1.82, 2.24) is 9.62 Å². The summed E-state index contributed by atoms with van der Waals surface area (Å²) in [6.07, 6.45) is 0.875. The molecule has 0 aromatic heterocycles. The van der Waals surface area contributed by atoms with E-state index in [1.165, 1.54) is 0 Å². The molecule has 4 nitrogen and oxygen atoms in total. The maximum atomic E-state index is 12.2. The molecule has 1 fully saturated rings. The maximum Gasteiger partial charge on any atom is 0.240 e. The highest BCUT2D eigenvalue weighted by molar-refractivity contribution is 7.89. The highest BCUT2D eigenvalue weighted by atomic mass is 32.2. The number of nitrogens with zero attached hydrogens (tertiary/aromatic N) is 1. The van der Waals surface area contributed by atoms with Gasteiger partial charge in [0.2, 0.25) is 10.0 Å². The quantitative estimate of drug-likeness (QED) is 0.916. The first kappa shape index (κ1) is 14.5. The number of likely N-dealkylation sites (N-methyl/N-ethyl adjacent to an activating group) is 1. The molecular weight excluding hydrogens is 260 g/mol. The average molecular weight is 282 g/mol. The normalized spacial score (nSPS) is 21.2. The molecule has 1 aromatic carbocycles. The van der Waals surface area contributed by atoms with Crippen molar-refractivity contribution in [3.63, 3.8) is 0 Å². The first-order chi connectivity index (χ1) is 8.88. The molecule has 1 atom stereocenters. The van der Waals surface area contributed by atoms with Crippen molar-refractivity contribution < 1.29 is 8.42 Å². The van der Waals surface area contributed by atoms with Crippen LogP contribution in [0.4, 0.5) is 0 Å². The van der Waals surface area contributed by atoms with Gasteiger partial charge in [-0.2, -0.15) is 0 Å². The Labute approximate surface area is 115 Å². The molecule has 5 heteroatoms. The second-order valence-corrected chi connectivity index (χ2v) is 7.31. The minimum absolute atomic E-state index is 0.0276. The van der Waals surface area contributed by atoms with Crippen LogP contribution in [0.3, 0.4) is 0 Å². The highest BCUT2D eigenvalue weighted by Crippen LogP contribution is 2.18. The molecule has 1 N–H and O–H groups in total. The molecular formula is C14H22N2O2S. The standard InChI is InChI=1S/C14H22N2O2S/c1-11(2)12-4-6-14(7-5-12)19(17,18)15-13-8-9-16(3)10-13/h4-7,11,13,15H,8-10H2,1-3H3. The zero-order chi connectivity index (χ0) is 14.0. The molecule has 0 spiro atoms. The minimum atomic E-state index is -3.39. The smallest absolute Gasteiger partial charge is 0.240 e. The molecule has 0 bridgehead atoms. The Morgan fingerprint density at radius 3 is 2.37 bits per heavy atom. The van der Waals surface area contributed by atoms with E-state index in [1.807, 2.05) is 19.2 Å². The Morgan fingerprint density at radius 2 is 1.89 bits per heavy atom. The van der Waals surface area contributed by atoms with Crippen molar-refractivity contribution in [3.8, 4) is 0 Å². The van der Waals surface area contributed by atoms with Crippen molar-refractivity contribution in [2.45, 2.75) is 37.1 Å². The molecule has 1 aromatic rings. The van der Waals surface area contributed by atoms with E-state index in [0.717, 1.165) is 25.1 Å². The topological polar surface area (TPSA) is 49.4 Å². The van der Waals surface area contributed by atoms with Gasteiger partial charge in [-0.1, -0.05) is 26.0 Å². The van der Waals surface area contributed by atoms with Gasteiger partial charge in [0.1, 0.15) is 0 Å². The number of hydrogen-bond acceptors (Lipinski definition) is 3. The number of nitrogens with one attached hydrogen (secondary N) is 1. The summed E-state index contributed by atoms with van der Waals surface area (Å²) in [5, 5.41) is 0. The summed E-state index contributed by atoms with van der Waals surface area (Å²) in [7, 11) is -1.38. The fourth-order valence-electron chi connectivity index (χ4n) is 2.35. The van der Waals surface area contributed by atoms with Crippen LogP contribution in [-0.2, 0) is 10.0 Å². The van der Waals surface area contributed by atoms with Gasteiger partial charge in [0.25, 0.3) is 0 Å². The van der Waals surface area contributed by atoms with Gasteiger partial charge >= 0.3 is 0 Å². The van der Waals surface area contributed by atoms with Crippen molar-refractivity contribution >= 4 is 10.0 Å². The molecule has 2 rings (SSSR count). The summed E-state index contributed by atoms with van der Waals surface area (Å²) >= 11 is 0. The fraction of sp³-hybridized carbons (Fsp3) is 0.571. The van der Waals surface area contributed by atoms with E-state index < -0.39 is 10.0 Å². The Bertz CT molecular complexity index is 523. The second-order valence-electron chi connectivity index (χ2n) is 5.59. The third kappa shape index (κ3) is 3.55. The number of likely N-dealkylation sites (tertiary alicyclic amines) is 1. The van der Waals surface area contributed by atoms with Crippen LogP contribution in [0.2, 0.25) is 0 Å². The van der Waals surface area contributed by atoms with Gasteiger partial charge in [0.05, 0.1) is 4.90 Å². The van der Waals surface area contributed by atoms with E-state index in [4.69, 9.17) is 0 Å². The third-order valence-electron chi connectivity index (χ3n) is 3.57. The third-order valence-corrected chi connectivity index (χ3v) is 5.11. The fourth-order valence-corrected chi connectivity index (χ4v) is 3.61. The Morgan fingerprint density at radius 1 is 1.26 bits per heavy atom. The van der Waals surface area contributed by atoms with Crippen molar-refractivity contribution in [3.05, 3.63) is 29.8 Å². The zero-order valence-corrected chi connectivity index (χ0v) is 12.6. The van der Waals surface area contributed by atoms with E-state index in [2.05, 4.69) is 23.5 Å². The van der Waals surface area contributed by atoms with E-state index in [1.54, 1.807) is 12.1 Å². The summed E-state index contributed by atoms with van der Waals surface area (Å²) in [5.41, 5.74) is 1.15. The lowest BCUT2D eigenvalue weighted by Gasteiger charge is -2.14. The predicted molar refractivity (Wildman–Crippen MR) is 76.8 cm³/mol. The van der Waals surface area contributed by atoms with Crippen LogP contribution in [0.5, 0.6) is 0 Å². The van der Waals surface area contributed by atoms with Crippen LogP contribution in [0.25, 0.3) is 0 Å². The summed E-state index contributed by atoms with van der Waals surface area (Å²) in [5.74, 6) is 0.410. The predicted octanol–water partition coefficient (Wildman–Crippen LogP) is 1.79. The summed E-state index contributed by atoms with van der Waals surface area (Å²) in [6, 6.07) is 7.19. The van der Waals surface area contributed by atoms with Crippen LogP contribution in [0.15, 0.2) is 29.2 Å². The summed E-state index contributed by atoms with van der Waals surface area (Å²) in [4.78, 5) is 2.49. The Balaban J connectivity index is 2.11. The van der Waals surface area contributed by atoms with Gasteiger partial charge in [0, 0.05) is 12.6 Å².